The zero-order valence-corrected chi connectivity index (χ0v) is 13.4. The molecule has 0 aliphatic carbocycles. The van der Waals surface area contributed by atoms with E-state index in [2.05, 4.69) is 27.0 Å². The number of aromatic nitrogens is 2. The Hall–Kier alpha value is -2.53. The fourth-order valence-electron chi connectivity index (χ4n) is 3.27. The van der Waals surface area contributed by atoms with E-state index in [0.29, 0.717) is 29.8 Å². The van der Waals surface area contributed by atoms with Gasteiger partial charge in [-0.3, -0.25) is 0 Å². The predicted molar refractivity (Wildman–Crippen MR) is 91.4 cm³/mol. The Bertz CT molecular complexity index is 850. The number of hydrogen-bond acceptors (Lipinski definition) is 4. The van der Waals surface area contributed by atoms with Crippen molar-refractivity contribution in [1.29, 1.82) is 0 Å². The molecule has 24 heavy (non-hydrogen) atoms. The summed E-state index contributed by atoms with van der Waals surface area (Å²) in [5, 5.41) is 0.473. The number of ether oxygens (including phenoxy) is 1. The van der Waals surface area contributed by atoms with Gasteiger partial charge >= 0.3 is 0 Å². The van der Waals surface area contributed by atoms with E-state index in [1.54, 1.807) is 6.07 Å². The van der Waals surface area contributed by atoms with Gasteiger partial charge < -0.3 is 9.64 Å². The highest BCUT2D eigenvalue weighted by atomic mass is 19.1. The van der Waals surface area contributed by atoms with E-state index >= 15 is 0 Å². The van der Waals surface area contributed by atoms with Crippen molar-refractivity contribution in [3.63, 3.8) is 0 Å². The summed E-state index contributed by atoms with van der Waals surface area (Å²) >= 11 is 0. The van der Waals surface area contributed by atoms with Crippen molar-refractivity contribution in [2.24, 2.45) is 0 Å². The van der Waals surface area contributed by atoms with Crippen LogP contribution in [-0.4, -0.2) is 29.2 Å². The molecule has 4 nitrogen and oxygen atoms in total. The van der Waals surface area contributed by atoms with Crippen molar-refractivity contribution in [3.8, 4) is 0 Å². The van der Waals surface area contributed by atoms with Crippen molar-refractivity contribution in [3.05, 3.63) is 66.2 Å². The fourth-order valence-corrected chi connectivity index (χ4v) is 3.27. The van der Waals surface area contributed by atoms with Crippen molar-refractivity contribution < 1.29 is 9.13 Å². The third-order valence-corrected chi connectivity index (χ3v) is 4.32. The van der Waals surface area contributed by atoms with Crippen LogP contribution in [0.1, 0.15) is 18.6 Å². The molecule has 1 aromatic heterocycles. The number of morpholine rings is 1. The van der Waals surface area contributed by atoms with Crippen LogP contribution in [0.3, 0.4) is 0 Å². The number of halogens is 1. The molecule has 0 bridgehead atoms. The normalized spacial score (nSPS) is 21.2. The van der Waals surface area contributed by atoms with E-state index in [4.69, 9.17) is 4.74 Å². The predicted octanol–water partition coefficient (Wildman–Crippen LogP) is 3.74. The lowest BCUT2D eigenvalue weighted by Gasteiger charge is -2.38. The summed E-state index contributed by atoms with van der Waals surface area (Å²) in [5.41, 5.74) is 1.74. The quantitative estimate of drug-likeness (QED) is 0.720. The molecule has 2 atom stereocenters. The first-order valence-corrected chi connectivity index (χ1v) is 8.07. The van der Waals surface area contributed by atoms with Gasteiger partial charge in [0.1, 0.15) is 24.1 Å². The van der Waals surface area contributed by atoms with Crippen LogP contribution in [0.25, 0.3) is 10.9 Å². The molecular weight excluding hydrogens is 305 g/mol. The molecule has 0 N–H and O–H groups in total. The van der Waals surface area contributed by atoms with Gasteiger partial charge in [-0.15, -0.1) is 0 Å². The smallest absolute Gasteiger partial charge is 0.143 e. The average Bonchev–Trinajstić information content (AvgIpc) is 2.62. The maximum Gasteiger partial charge on any atom is 0.143 e. The van der Waals surface area contributed by atoms with E-state index in [0.717, 1.165) is 5.56 Å². The summed E-state index contributed by atoms with van der Waals surface area (Å²) in [6.07, 6.45) is 1.46. The van der Waals surface area contributed by atoms with E-state index in [1.807, 2.05) is 31.2 Å². The Morgan fingerprint density at radius 2 is 1.88 bits per heavy atom. The van der Waals surface area contributed by atoms with Crippen LogP contribution in [0.2, 0.25) is 0 Å². The Balaban J connectivity index is 1.74. The molecule has 0 spiro atoms. The first-order valence-electron chi connectivity index (χ1n) is 8.07. The number of rotatable bonds is 2. The van der Waals surface area contributed by atoms with Crippen LogP contribution in [-0.2, 0) is 4.74 Å². The second-order valence-electron chi connectivity index (χ2n) is 6.08. The third-order valence-electron chi connectivity index (χ3n) is 4.32. The average molecular weight is 323 g/mol. The maximum absolute atomic E-state index is 14.4. The first-order chi connectivity index (χ1) is 11.7. The molecule has 4 rings (SSSR count). The molecule has 1 aliphatic rings. The topological polar surface area (TPSA) is 38.2 Å². The van der Waals surface area contributed by atoms with Gasteiger partial charge in [-0.1, -0.05) is 36.4 Å². The number of fused-ring (bicyclic) bond motifs is 1. The zero-order valence-electron chi connectivity index (χ0n) is 13.4. The van der Waals surface area contributed by atoms with E-state index in [-0.39, 0.29) is 18.0 Å². The highest BCUT2D eigenvalue weighted by Crippen LogP contribution is 2.31. The lowest BCUT2D eigenvalue weighted by Crippen LogP contribution is -2.43. The van der Waals surface area contributed by atoms with Crippen LogP contribution < -0.4 is 4.90 Å². The van der Waals surface area contributed by atoms with Crippen LogP contribution in [0.15, 0.2) is 54.9 Å². The molecule has 2 aromatic carbocycles. The largest absolute Gasteiger partial charge is 0.367 e. The molecule has 0 radical (unpaired) electrons. The van der Waals surface area contributed by atoms with Crippen LogP contribution in [0.4, 0.5) is 10.2 Å². The van der Waals surface area contributed by atoms with Crippen molar-refractivity contribution >= 4 is 16.7 Å². The fraction of sp³-hybridized carbons (Fsp3) is 0.263. The number of nitrogens with zero attached hydrogens (tertiary/aromatic N) is 3. The van der Waals surface area contributed by atoms with Crippen molar-refractivity contribution in [1.82, 2.24) is 9.97 Å². The molecule has 2 heterocycles. The Morgan fingerprint density at radius 3 is 2.71 bits per heavy atom. The summed E-state index contributed by atoms with van der Waals surface area (Å²) in [4.78, 5) is 10.7. The molecule has 5 heteroatoms. The van der Waals surface area contributed by atoms with Gasteiger partial charge in [-0.05, 0) is 24.6 Å². The van der Waals surface area contributed by atoms with Crippen molar-refractivity contribution in [2.45, 2.75) is 19.1 Å². The second kappa shape index (κ2) is 6.17. The minimum absolute atomic E-state index is 0.0285. The summed E-state index contributed by atoms with van der Waals surface area (Å²) in [6, 6.07) is 15.0. The summed E-state index contributed by atoms with van der Waals surface area (Å²) in [6.45, 7) is 3.33. The highest BCUT2D eigenvalue weighted by Gasteiger charge is 2.28. The highest BCUT2D eigenvalue weighted by molar-refractivity contribution is 5.89. The van der Waals surface area contributed by atoms with E-state index in [9.17, 15) is 4.39 Å². The molecule has 0 saturated carbocycles. The molecule has 122 valence electrons. The Kier molecular flexibility index (Phi) is 3.86. The molecule has 2 unspecified atom stereocenters. The SMILES string of the molecule is CC1CN(c2ncnc3cccc(F)c23)CC(c2ccccc2)O1. The minimum atomic E-state index is -0.293. The molecule has 1 saturated heterocycles. The Labute approximate surface area is 139 Å². The van der Waals surface area contributed by atoms with Crippen molar-refractivity contribution in [2.75, 3.05) is 18.0 Å². The van der Waals surface area contributed by atoms with Gasteiger partial charge in [0.2, 0.25) is 0 Å². The van der Waals surface area contributed by atoms with Gasteiger partial charge in [0.05, 0.1) is 17.0 Å². The monoisotopic (exact) mass is 323 g/mol. The van der Waals surface area contributed by atoms with Gasteiger partial charge in [0, 0.05) is 13.1 Å². The van der Waals surface area contributed by atoms with Crippen LogP contribution in [0, 0.1) is 5.82 Å². The molecule has 0 amide bonds. The minimum Gasteiger partial charge on any atom is -0.367 e. The summed E-state index contributed by atoms with van der Waals surface area (Å²) in [5.74, 6) is 0.340. The molecule has 1 aliphatic heterocycles. The summed E-state index contributed by atoms with van der Waals surface area (Å²) in [7, 11) is 0. The second-order valence-corrected chi connectivity index (χ2v) is 6.08. The lowest BCUT2D eigenvalue weighted by molar-refractivity contribution is -0.0175. The van der Waals surface area contributed by atoms with Crippen LogP contribution in [0.5, 0.6) is 0 Å². The number of hydrogen-bond donors (Lipinski definition) is 0. The lowest BCUT2D eigenvalue weighted by atomic mass is 10.1. The maximum atomic E-state index is 14.4. The number of benzene rings is 2. The van der Waals surface area contributed by atoms with E-state index in [1.165, 1.54) is 12.4 Å². The number of anilines is 1. The van der Waals surface area contributed by atoms with Gasteiger partial charge in [0.15, 0.2) is 0 Å². The molecule has 1 fully saturated rings. The molecular formula is C19H18FN3O. The Morgan fingerprint density at radius 1 is 1.04 bits per heavy atom. The van der Waals surface area contributed by atoms with Gasteiger partial charge in [-0.2, -0.15) is 0 Å². The standard InChI is InChI=1S/C19H18FN3O/c1-13-10-23(11-17(24-13)14-6-3-2-4-7-14)19-18-15(20)8-5-9-16(18)21-12-22-19/h2-9,12-13,17H,10-11H2,1H3. The van der Waals surface area contributed by atoms with Gasteiger partial charge in [0.25, 0.3) is 0 Å². The molecule has 3 aromatic rings. The van der Waals surface area contributed by atoms with Gasteiger partial charge in [-0.25, -0.2) is 14.4 Å². The first kappa shape index (κ1) is 15.0. The third kappa shape index (κ3) is 2.71. The summed E-state index contributed by atoms with van der Waals surface area (Å²) < 4.78 is 20.5. The van der Waals surface area contributed by atoms with Crippen LogP contribution >= 0.6 is 0 Å². The zero-order chi connectivity index (χ0) is 16.5. The van der Waals surface area contributed by atoms with E-state index < -0.39 is 0 Å².